The third-order valence-electron chi connectivity index (χ3n) is 4.25. The van der Waals surface area contributed by atoms with Crippen LogP contribution in [0.5, 0.6) is 0 Å². The fraction of sp³-hybridized carbons (Fsp3) is 0. The first-order valence-electron chi connectivity index (χ1n) is 9.17. The standard InChI is InChI=1S/FHS55/c1-39(2,3)41(7,8)43(11,12)45(15,16)47(19,20)49(23,24)51(27,28)53(31,32)55(35,36)56(37,38)54(33,34)52(29,30)50(25,26)48(21,22)46(17,18)44(13,14)42(9,10)40(4,5)6/h(H,4,5,6). The average molecular weight is 1780 g/mol. The van der Waals surface area contributed by atoms with Gasteiger partial charge in [-0.2, -0.15) is 0 Å². The Morgan fingerprint density at radius 3 is 0.357 bits per heavy atom. The van der Waals surface area contributed by atoms with E-state index >= 15 is 3.89 Å². The predicted octanol–water partition coefficient (Wildman–Crippen LogP) is 0.671. The normalized spacial score (nSPS) is 16.8. The average Bonchev–Trinajstić information content (AvgIpc) is 2.94. The molecular formula is HFS55. The van der Waals surface area contributed by atoms with Gasteiger partial charge in [-0.3, -0.25) is 0 Å². The first kappa shape index (κ1) is 70.5. The van der Waals surface area contributed by atoms with Gasteiger partial charge in [-0.15, -0.1) is 3.89 Å². The molecule has 0 nitrogen and oxygen atoms in total. The third-order valence-corrected chi connectivity index (χ3v) is 340. The van der Waals surface area contributed by atoms with Gasteiger partial charge < -0.3 is 0 Å². The lowest BCUT2D eigenvalue weighted by Gasteiger charge is -2.36. The van der Waals surface area contributed by atoms with Crippen molar-refractivity contribution >= 4 is 510 Å². The summed E-state index contributed by atoms with van der Waals surface area (Å²) in [6.45, 7) is -4.13. The molecule has 0 aliphatic carbocycles. The van der Waals surface area contributed by atoms with Gasteiger partial charge in [0.05, 0.1) is 5.21 Å². The van der Waals surface area contributed by atoms with Crippen LogP contribution in [0, 0.1) is 0 Å². The van der Waals surface area contributed by atoms with Crippen molar-refractivity contribution in [3.05, 3.63) is 0 Å². The Bertz CT molecular complexity index is 3630. The summed E-state index contributed by atoms with van der Waals surface area (Å²) in [6.07, 6.45) is 0. The van der Waals surface area contributed by atoms with Crippen molar-refractivity contribution in [2.45, 2.75) is 0 Å². The van der Waals surface area contributed by atoms with Crippen LogP contribution in [0.15, 0.2) is 0 Å². The summed E-state index contributed by atoms with van der Waals surface area (Å²) in [5.74, 6) is 0. The number of hydrogen-bond donors (Lipinski definition) is 1. The van der Waals surface area contributed by atoms with Gasteiger partial charge in [-0.25, -0.2) is 0 Å². The quantitative estimate of drug-likeness (QED) is 0.123. The van der Waals surface area contributed by atoms with Crippen LogP contribution in [0.25, 0.3) is 0 Å². The van der Waals surface area contributed by atoms with E-state index < -0.39 is 95.1 Å². The van der Waals surface area contributed by atoms with Gasteiger partial charge in [0, 0.05) is 83.4 Å². The Kier molecular flexibility index (Phi) is 27.4. The molecule has 0 fully saturated rings. The molecule has 0 spiro atoms. The molecule has 0 aliphatic rings. The van der Waals surface area contributed by atoms with Crippen molar-refractivity contribution in [2.75, 3.05) is 0 Å². The lowest BCUT2D eigenvalue weighted by molar-refractivity contribution is 0.944. The fourth-order valence-corrected chi connectivity index (χ4v) is 392. The van der Waals surface area contributed by atoms with E-state index in [1.165, 1.54) is 0 Å². The second-order valence-electron chi connectivity index (χ2n) is 7.35. The maximum atomic E-state index is 15.2. The highest BCUT2D eigenvalue weighted by molar-refractivity contribution is 9.79. The molecule has 0 heterocycles. The van der Waals surface area contributed by atoms with Crippen LogP contribution in [0.4, 0.5) is 3.89 Å². The smallest absolute Gasteiger partial charge is 0.131 e. The van der Waals surface area contributed by atoms with Crippen molar-refractivity contribution in [3.8, 4) is 0 Å². The van der Waals surface area contributed by atoms with Crippen molar-refractivity contribution in [1.29, 1.82) is 0 Å². The summed E-state index contributed by atoms with van der Waals surface area (Å²) in [6, 6.07) is 0. The van der Waals surface area contributed by atoms with Gasteiger partial charge in [-0.05, 0) is 403 Å². The molecule has 0 N–H and O–H groups in total. The topological polar surface area (TPSA) is 0 Å². The summed E-state index contributed by atoms with van der Waals surface area (Å²) in [7, 11) is 0. The number of rotatable bonds is 17. The van der Waals surface area contributed by atoms with Crippen molar-refractivity contribution in [3.63, 3.8) is 0 Å². The molecule has 0 atom stereocenters. The molecule has 338 valence electrons. The Morgan fingerprint density at radius 2 is 0.268 bits per heavy atom. The lowest BCUT2D eigenvalue weighted by atomic mass is 18.9. The Balaban J connectivity index is 8.44. The first-order chi connectivity index (χ1) is 23.2. The van der Waals surface area contributed by atoms with Gasteiger partial charge in [-0.1, -0.05) is 11.7 Å². The molecule has 0 radical (unpaired) electrons. The van der Waals surface area contributed by atoms with E-state index in [0.29, 0.717) is 0 Å². The molecule has 56 heavy (non-hydrogen) atoms. The summed E-state index contributed by atoms with van der Waals surface area (Å²) >= 11 is 211. The predicted molar refractivity (Wildman–Crippen MR) is 408 cm³/mol. The molecule has 0 bridgehead atoms. The molecule has 0 aliphatic heterocycles. The number of hydrogen-bond acceptors (Lipinski definition) is 36. The molecule has 0 aromatic rings. The second-order valence-corrected chi connectivity index (χ2v) is 195. The highest BCUT2D eigenvalue weighted by Gasteiger charge is 2.46. The minimum Gasteiger partial charge on any atom is -0.147 e. The number of halogens is 1. The van der Waals surface area contributed by atoms with Gasteiger partial charge in [0.2, 0.25) is 0 Å². The van der Waals surface area contributed by atoms with Crippen molar-refractivity contribution < 1.29 is 3.89 Å². The third kappa shape index (κ3) is 11.1. The maximum absolute atomic E-state index is 15.2. The van der Waals surface area contributed by atoms with Crippen LogP contribution in [-0.2, 0) is 498 Å². The molecule has 0 saturated carbocycles. The van der Waals surface area contributed by atoms with E-state index in [4.69, 9.17) is 403 Å². The highest BCUT2D eigenvalue weighted by Crippen LogP contribution is 2.43. The van der Waals surface area contributed by atoms with E-state index in [9.17, 15) is 0 Å². The molecule has 0 rings (SSSR count). The minimum absolute atomic E-state index is 2.94. The van der Waals surface area contributed by atoms with E-state index in [1.54, 1.807) is 0 Å². The Labute approximate surface area is 498 Å². The molecular weight excluding hydrogens is 1780 g/mol. The van der Waals surface area contributed by atoms with Crippen LogP contribution in [0.2, 0.25) is 0 Å². The fourth-order valence-electron chi connectivity index (χ4n) is 1.63. The second kappa shape index (κ2) is 21.7. The summed E-state index contributed by atoms with van der Waals surface area (Å²) in [4.78, 5) is 0. The Morgan fingerprint density at radius 1 is 0.179 bits per heavy atom. The molecule has 0 aromatic carbocycles. The SMILES string of the molecule is FS(=S)(=S)S(=S)(=S)S(=S)(=S)S(=S)(=S)S(=S)(=S)S(=S)(=S)S(=S)(=S)S(=S)(=S)S(=S)(=S)S(=S)(=S)S(=S)(=S)S(=S)(=S)S(=S)(=S)S(=S)(=S)S(=S)(=S)S(=S)(=S)S(=S)(=S)S(=S)(=S)S. The van der Waals surface area contributed by atoms with Crippen LogP contribution in [0.3, 0.4) is 0 Å². The van der Waals surface area contributed by atoms with E-state index in [0.717, 1.165) is 0 Å². The molecule has 0 aromatic heterocycles. The Hall–Kier alpha value is 14.5. The van der Waals surface area contributed by atoms with Crippen LogP contribution >= 0.6 is 11.7 Å². The van der Waals surface area contributed by atoms with Crippen LogP contribution in [0.1, 0.15) is 0 Å². The van der Waals surface area contributed by atoms with Gasteiger partial charge in [0.1, 0.15) is 6.56 Å². The van der Waals surface area contributed by atoms with E-state index in [2.05, 4.69) is 11.7 Å². The lowest BCUT2D eigenvalue weighted by Crippen LogP contribution is -2.39. The summed E-state index contributed by atoms with van der Waals surface area (Å²) in [5, 5.41) is -62.8. The largest absolute Gasteiger partial charge is 0.147 e. The van der Waals surface area contributed by atoms with Gasteiger partial charge in [0.25, 0.3) is 0 Å². The first-order valence-corrected chi connectivity index (χ1v) is 81.6. The highest BCUT2D eigenvalue weighted by atomic mass is 34.5. The van der Waals surface area contributed by atoms with Gasteiger partial charge in [0.15, 0.2) is 0 Å². The van der Waals surface area contributed by atoms with Crippen molar-refractivity contribution in [2.24, 2.45) is 0 Å². The zero-order valence-electron chi connectivity index (χ0n) is 22.9. The molecule has 0 saturated heterocycles. The zero-order valence-corrected chi connectivity index (χ0v) is 67.9. The molecule has 0 unspecified atom stereocenters. The monoisotopic (exact) mass is 1780 g/mol. The summed E-state index contributed by atoms with van der Waals surface area (Å²) in [5.41, 5.74) is 0. The van der Waals surface area contributed by atoms with E-state index in [1.807, 2.05) is 0 Å². The zero-order chi connectivity index (χ0) is 47.0. The molecule has 0 amide bonds. The maximum Gasteiger partial charge on any atom is 0.131 e. The minimum atomic E-state index is -4.13. The summed E-state index contributed by atoms with van der Waals surface area (Å²) < 4.78 is 15.2. The van der Waals surface area contributed by atoms with E-state index in [-0.39, 0.29) is 0 Å². The molecule has 56 heteroatoms. The number of thiol groups is 1. The van der Waals surface area contributed by atoms with Gasteiger partial charge >= 0.3 is 0 Å². The van der Waals surface area contributed by atoms with Crippen LogP contribution in [-0.4, -0.2) is 0 Å². The van der Waals surface area contributed by atoms with Crippen LogP contribution < -0.4 is 0 Å². The van der Waals surface area contributed by atoms with Crippen molar-refractivity contribution in [1.82, 2.24) is 0 Å².